The molecule has 1 amide bonds. The van der Waals surface area contributed by atoms with Crippen molar-refractivity contribution in [2.24, 2.45) is 5.92 Å². The number of nitrogens with zero attached hydrogens (tertiary/aromatic N) is 2. The van der Waals surface area contributed by atoms with Crippen LogP contribution in [0.2, 0.25) is 0 Å². The molecule has 1 saturated heterocycles. The molecule has 0 spiro atoms. The molecule has 5 rings (SSSR count). The molecule has 7 nitrogen and oxygen atoms in total. The van der Waals surface area contributed by atoms with Gasteiger partial charge in [0.05, 0.1) is 18.2 Å². The van der Waals surface area contributed by atoms with Crippen molar-refractivity contribution < 1.29 is 19.4 Å². The Morgan fingerprint density at radius 1 is 1.08 bits per heavy atom. The number of rotatable bonds is 7. The first-order valence-corrected chi connectivity index (χ1v) is 11.9. The van der Waals surface area contributed by atoms with Crippen LogP contribution in [0.4, 0.5) is 0 Å². The number of Topliss-reactive ketones (excluding diaryl/α,β-unsaturated/α-hetero) is 1. The van der Waals surface area contributed by atoms with Crippen LogP contribution in [0.3, 0.4) is 0 Å². The van der Waals surface area contributed by atoms with Gasteiger partial charge in [-0.2, -0.15) is 0 Å². The third-order valence-corrected chi connectivity index (χ3v) is 6.25. The SMILES string of the molecule is CC(C)COc1cccc(/C(O)=C2\C(=O)C(=O)N(Cc3ccncc3)C2c2c[nH]c3ccccc23)c1. The summed E-state index contributed by atoms with van der Waals surface area (Å²) < 4.78 is 5.82. The molecule has 36 heavy (non-hydrogen) atoms. The number of aliphatic hydroxyl groups is 1. The molecule has 182 valence electrons. The van der Waals surface area contributed by atoms with E-state index in [1.807, 2.05) is 24.3 Å². The fraction of sp³-hybridized carbons (Fsp3) is 0.207. The molecule has 1 unspecified atom stereocenters. The summed E-state index contributed by atoms with van der Waals surface area (Å²) in [5.74, 6) is -0.679. The lowest BCUT2D eigenvalue weighted by Gasteiger charge is -2.25. The van der Waals surface area contributed by atoms with Crippen LogP contribution >= 0.6 is 0 Å². The molecular formula is C29H27N3O4. The van der Waals surface area contributed by atoms with Crippen LogP contribution < -0.4 is 4.74 Å². The number of fused-ring (bicyclic) bond motifs is 1. The van der Waals surface area contributed by atoms with Crippen LogP contribution in [-0.4, -0.2) is 38.3 Å². The van der Waals surface area contributed by atoms with E-state index in [1.54, 1.807) is 55.0 Å². The molecule has 2 aromatic carbocycles. The lowest BCUT2D eigenvalue weighted by molar-refractivity contribution is -0.140. The molecule has 2 N–H and O–H groups in total. The number of H-pyrrole nitrogens is 1. The molecule has 3 heterocycles. The quantitative estimate of drug-likeness (QED) is 0.214. The number of ketones is 1. The predicted molar refractivity (Wildman–Crippen MR) is 137 cm³/mol. The van der Waals surface area contributed by atoms with E-state index in [4.69, 9.17) is 4.74 Å². The van der Waals surface area contributed by atoms with E-state index in [9.17, 15) is 14.7 Å². The first-order valence-electron chi connectivity index (χ1n) is 11.9. The van der Waals surface area contributed by atoms with Crippen molar-refractivity contribution in [1.29, 1.82) is 0 Å². The fourth-order valence-corrected chi connectivity index (χ4v) is 4.52. The van der Waals surface area contributed by atoms with Gasteiger partial charge in [0.15, 0.2) is 0 Å². The van der Waals surface area contributed by atoms with Gasteiger partial charge >= 0.3 is 0 Å². The van der Waals surface area contributed by atoms with E-state index >= 15 is 0 Å². The summed E-state index contributed by atoms with van der Waals surface area (Å²) in [5.41, 5.74) is 2.93. The van der Waals surface area contributed by atoms with Gasteiger partial charge in [-0.1, -0.05) is 44.2 Å². The number of aromatic amines is 1. The highest BCUT2D eigenvalue weighted by molar-refractivity contribution is 6.46. The van der Waals surface area contributed by atoms with Gasteiger partial charge in [-0.05, 0) is 41.8 Å². The Hall–Kier alpha value is -4.39. The summed E-state index contributed by atoms with van der Waals surface area (Å²) in [5, 5.41) is 12.3. The zero-order valence-corrected chi connectivity index (χ0v) is 20.1. The summed E-state index contributed by atoms with van der Waals surface area (Å²) in [4.78, 5) is 35.5. The molecule has 0 radical (unpaired) electrons. The minimum atomic E-state index is -0.769. The maximum Gasteiger partial charge on any atom is 0.295 e. The number of aliphatic hydroxyl groups excluding tert-OH is 1. The van der Waals surface area contributed by atoms with Crippen molar-refractivity contribution >= 4 is 28.4 Å². The zero-order valence-electron chi connectivity index (χ0n) is 20.1. The molecule has 4 aromatic rings. The van der Waals surface area contributed by atoms with E-state index in [1.165, 1.54) is 4.90 Å². The van der Waals surface area contributed by atoms with Crippen molar-refractivity contribution in [3.63, 3.8) is 0 Å². The van der Waals surface area contributed by atoms with Crippen LogP contribution in [0.1, 0.15) is 36.6 Å². The molecule has 1 fully saturated rings. The van der Waals surface area contributed by atoms with Crippen LogP contribution in [0.5, 0.6) is 5.75 Å². The van der Waals surface area contributed by atoms with Crippen molar-refractivity contribution in [1.82, 2.24) is 14.9 Å². The van der Waals surface area contributed by atoms with Gasteiger partial charge in [-0.25, -0.2) is 0 Å². The number of ether oxygens (including phenoxy) is 1. The second-order valence-corrected chi connectivity index (χ2v) is 9.30. The fourth-order valence-electron chi connectivity index (χ4n) is 4.52. The number of hydrogen-bond acceptors (Lipinski definition) is 5. The molecule has 0 saturated carbocycles. The Bertz CT molecular complexity index is 1460. The smallest absolute Gasteiger partial charge is 0.295 e. The molecular weight excluding hydrogens is 454 g/mol. The minimum Gasteiger partial charge on any atom is -0.507 e. The average molecular weight is 482 g/mol. The van der Waals surface area contributed by atoms with Gasteiger partial charge < -0.3 is 19.7 Å². The number of hydrogen-bond donors (Lipinski definition) is 2. The number of aromatic nitrogens is 2. The number of carbonyl (C=O) groups excluding carboxylic acids is 2. The second-order valence-electron chi connectivity index (χ2n) is 9.30. The van der Waals surface area contributed by atoms with Gasteiger partial charge in [0, 0.05) is 47.2 Å². The Morgan fingerprint density at radius 3 is 2.64 bits per heavy atom. The number of nitrogens with one attached hydrogen (secondary N) is 1. The lowest BCUT2D eigenvalue weighted by atomic mass is 9.94. The first kappa shape index (κ1) is 23.4. The Balaban J connectivity index is 1.64. The van der Waals surface area contributed by atoms with E-state index < -0.39 is 17.7 Å². The Labute approximate surface area is 209 Å². The third kappa shape index (κ3) is 4.35. The predicted octanol–water partition coefficient (Wildman–Crippen LogP) is 5.22. The average Bonchev–Trinajstić information content (AvgIpc) is 3.42. The third-order valence-electron chi connectivity index (χ3n) is 6.25. The normalized spacial score (nSPS) is 17.3. The van der Waals surface area contributed by atoms with Gasteiger partial charge in [0.1, 0.15) is 11.5 Å². The standard InChI is InChI=1S/C29H27N3O4/c1-18(2)17-36-21-7-5-6-20(14-21)27(33)25-26(23-15-31-24-9-4-3-8-22(23)24)32(29(35)28(25)34)16-19-10-12-30-13-11-19/h3-15,18,26,31,33H,16-17H2,1-2H3/b27-25+. The van der Waals surface area contributed by atoms with Crippen LogP contribution in [0.25, 0.3) is 16.7 Å². The van der Waals surface area contributed by atoms with E-state index in [0.717, 1.165) is 22.0 Å². The Morgan fingerprint density at radius 2 is 1.86 bits per heavy atom. The van der Waals surface area contributed by atoms with Crippen molar-refractivity contribution in [2.75, 3.05) is 6.61 Å². The highest BCUT2D eigenvalue weighted by atomic mass is 16.5. The second kappa shape index (κ2) is 9.70. The van der Waals surface area contributed by atoms with Crippen LogP contribution in [0.15, 0.2) is 84.8 Å². The van der Waals surface area contributed by atoms with Crippen molar-refractivity contribution in [3.8, 4) is 5.75 Å². The largest absolute Gasteiger partial charge is 0.507 e. The highest BCUT2D eigenvalue weighted by Gasteiger charge is 2.46. The summed E-state index contributed by atoms with van der Waals surface area (Å²) in [6.45, 7) is 4.83. The maximum atomic E-state index is 13.4. The molecule has 1 aliphatic rings. The maximum absolute atomic E-state index is 13.4. The van der Waals surface area contributed by atoms with Crippen molar-refractivity contribution in [2.45, 2.75) is 26.4 Å². The number of para-hydroxylation sites is 1. The molecule has 0 bridgehead atoms. The first-order chi connectivity index (χ1) is 17.4. The van der Waals surface area contributed by atoms with E-state index in [0.29, 0.717) is 23.8 Å². The summed E-state index contributed by atoms with van der Waals surface area (Å²) in [7, 11) is 0. The van der Waals surface area contributed by atoms with Crippen molar-refractivity contribution in [3.05, 3.63) is 102 Å². The molecule has 1 atom stereocenters. The number of amides is 1. The minimum absolute atomic E-state index is 0.0554. The van der Waals surface area contributed by atoms with Gasteiger partial charge in [0.2, 0.25) is 0 Å². The van der Waals surface area contributed by atoms with Crippen LogP contribution in [0, 0.1) is 5.92 Å². The summed E-state index contributed by atoms with van der Waals surface area (Å²) >= 11 is 0. The number of carbonyl (C=O) groups is 2. The summed E-state index contributed by atoms with van der Waals surface area (Å²) in [6.07, 6.45) is 5.10. The Kier molecular flexibility index (Phi) is 6.29. The topological polar surface area (TPSA) is 95.5 Å². The summed E-state index contributed by atoms with van der Waals surface area (Å²) in [6, 6.07) is 17.5. The molecule has 0 aliphatic carbocycles. The lowest BCUT2D eigenvalue weighted by Crippen LogP contribution is -2.29. The highest BCUT2D eigenvalue weighted by Crippen LogP contribution is 2.42. The number of likely N-dealkylation sites (tertiary alicyclic amines) is 1. The van der Waals surface area contributed by atoms with E-state index in [-0.39, 0.29) is 17.9 Å². The molecule has 7 heteroatoms. The number of pyridine rings is 1. The molecule has 1 aliphatic heterocycles. The van der Waals surface area contributed by atoms with Gasteiger partial charge in [0.25, 0.3) is 11.7 Å². The number of benzene rings is 2. The molecule has 2 aromatic heterocycles. The van der Waals surface area contributed by atoms with Gasteiger partial charge in [-0.15, -0.1) is 0 Å². The van der Waals surface area contributed by atoms with E-state index in [2.05, 4.69) is 23.8 Å². The van der Waals surface area contributed by atoms with Gasteiger partial charge in [-0.3, -0.25) is 14.6 Å². The zero-order chi connectivity index (χ0) is 25.2. The van der Waals surface area contributed by atoms with Crippen LogP contribution in [-0.2, 0) is 16.1 Å². The monoisotopic (exact) mass is 481 g/mol.